The first-order valence-corrected chi connectivity index (χ1v) is 7.44. The van der Waals surface area contributed by atoms with Crippen molar-refractivity contribution in [2.75, 3.05) is 25.2 Å². The maximum atomic E-state index is 11.4. The van der Waals surface area contributed by atoms with Gasteiger partial charge in [-0.25, -0.2) is 0 Å². The first-order valence-electron chi connectivity index (χ1n) is 4.95. The molecule has 0 aliphatic heterocycles. The van der Waals surface area contributed by atoms with Crippen molar-refractivity contribution in [1.82, 2.24) is 5.32 Å². The molecule has 0 saturated heterocycles. The van der Waals surface area contributed by atoms with E-state index >= 15 is 0 Å². The average Bonchev–Trinajstić information content (AvgIpc) is 2.17. The normalized spacial score (nSPS) is 14.7. The summed E-state index contributed by atoms with van der Waals surface area (Å²) in [5.41, 5.74) is 5.61. The number of ether oxygens (including phenoxy) is 1. The van der Waals surface area contributed by atoms with Crippen LogP contribution in [0.4, 0.5) is 0 Å². The molecule has 0 spiro atoms. The highest BCUT2D eigenvalue weighted by molar-refractivity contribution is 8.76. The number of hydrogen-bond donors (Lipinski definition) is 2. The van der Waals surface area contributed by atoms with E-state index in [0.717, 1.165) is 5.75 Å². The van der Waals surface area contributed by atoms with Crippen LogP contribution in [0.3, 0.4) is 0 Å². The van der Waals surface area contributed by atoms with E-state index in [4.69, 9.17) is 10.5 Å². The van der Waals surface area contributed by atoms with Crippen molar-refractivity contribution in [2.45, 2.75) is 25.9 Å². The Morgan fingerprint density at radius 1 is 1.47 bits per heavy atom. The van der Waals surface area contributed by atoms with Crippen LogP contribution in [0.25, 0.3) is 0 Å². The number of carbonyl (C=O) groups excluding carboxylic acids is 1. The summed E-state index contributed by atoms with van der Waals surface area (Å²) < 4.78 is 4.92. The van der Waals surface area contributed by atoms with Crippen LogP contribution in [0.1, 0.15) is 13.8 Å². The van der Waals surface area contributed by atoms with Crippen molar-refractivity contribution in [1.29, 1.82) is 0 Å². The zero-order valence-corrected chi connectivity index (χ0v) is 11.1. The van der Waals surface area contributed by atoms with E-state index in [1.807, 2.05) is 13.8 Å². The fourth-order valence-electron chi connectivity index (χ4n) is 0.784. The maximum Gasteiger partial charge on any atom is 0.324 e. The zero-order chi connectivity index (χ0) is 11.7. The van der Waals surface area contributed by atoms with Gasteiger partial charge in [0.15, 0.2) is 0 Å². The Balaban J connectivity index is 3.65. The number of nitrogens with one attached hydrogen (secondary N) is 1. The van der Waals surface area contributed by atoms with Crippen molar-refractivity contribution in [3.05, 3.63) is 0 Å². The minimum atomic E-state index is -0.226. The summed E-state index contributed by atoms with van der Waals surface area (Å²) in [4.78, 5) is 11.4. The Morgan fingerprint density at radius 3 is 2.53 bits per heavy atom. The molecule has 2 atom stereocenters. The van der Waals surface area contributed by atoms with Crippen LogP contribution in [0.5, 0.6) is 0 Å². The standard InChI is InChI=1S/C9H20N2O2S2/c1-4-13-9(12)8(11-3)6-15-14-5-7(2)10/h7-8,11H,4-6,10H2,1-3H3. The molecule has 0 fully saturated rings. The molecule has 0 heterocycles. The average molecular weight is 252 g/mol. The van der Waals surface area contributed by atoms with E-state index in [0.29, 0.717) is 12.4 Å². The lowest BCUT2D eigenvalue weighted by atomic mass is 10.3. The van der Waals surface area contributed by atoms with Gasteiger partial charge in [-0.1, -0.05) is 21.6 Å². The van der Waals surface area contributed by atoms with Gasteiger partial charge in [-0.15, -0.1) is 0 Å². The van der Waals surface area contributed by atoms with Crippen LogP contribution in [0.2, 0.25) is 0 Å². The minimum absolute atomic E-state index is 0.186. The predicted molar refractivity (Wildman–Crippen MR) is 68.0 cm³/mol. The fourth-order valence-corrected chi connectivity index (χ4v) is 3.26. The summed E-state index contributed by atoms with van der Waals surface area (Å²) in [7, 11) is 5.09. The van der Waals surface area contributed by atoms with Crippen molar-refractivity contribution in [2.24, 2.45) is 5.73 Å². The molecule has 0 aromatic heterocycles. The molecule has 0 rings (SSSR count). The van der Waals surface area contributed by atoms with E-state index in [1.54, 1.807) is 28.6 Å². The monoisotopic (exact) mass is 252 g/mol. The molecule has 90 valence electrons. The molecule has 0 aromatic rings. The van der Waals surface area contributed by atoms with Gasteiger partial charge in [-0.05, 0) is 20.9 Å². The smallest absolute Gasteiger partial charge is 0.324 e. The summed E-state index contributed by atoms with van der Waals surface area (Å²) in [5, 5.41) is 2.93. The van der Waals surface area contributed by atoms with Crippen molar-refractivity contribution < 1.29 is 9.53 Å². The molecule has 3 N–H and O–H groups in total. The fraction of sp³-hybridized carbons (Fsp3) is 0.889. The highest BCUT2D eigenvalue weighted by Crippen LogP contribution is 2.22. The van der Waals surface area contributed by atoms with Crippen molar-refractivity contribution in [3.63, 3.8) is 0 Å². The van der Waals surface area contributed by atoms with Gasteiger partial charge < -0.3 is 15.8 Å². The number of likely N-dealkylation sites (N-methyl/N-ethyl adjacent to an activating group) is 1. The van der Waals surface area contributed by atoms with Crippen LogP contribution in [-0.4, -0.2) is 43.2 Å². The Hall–Kier alpha value is 0.0900. The van der Waals surface area contributed by atoms with Gasteiger partial charge in [0, 0.05) is 17.5 Å². The zero-order valence-electron chi connectivity index (χ0n) is 9.49. The molecule has 4 nitrogen and oxygen atoms in total. The van der Waals surface area contributed by atoms with Crippen molar-refractivity contribution in [3.8, 4) is 0 Å². The largest absolute Gasteiger partial charge is 0.465 e. The lowest BCUT2D eigenvalue weighted by molar-refractivity contribution is -0.144. The van der Waals surface area contributed by atoms with Gasteiger partial charge in [-0.3, -0.25) is 4.79 Å². The van der Waals surface area contributed by atoms with E-state index < -0.39 is 0 Å². The third kappa shape index (κ3) is 7.96. The van der Waals surface area contributed by atoms with Gasteiger partial charge >= 0.3 is 5.97 Å². The molecule has 0 aliphatic carbocycles. The van der Waals surface area contributed by atoms with E-state index in [2.05, 4.69) is 5.32 Å². The molecule has 0 saturated carbocycles. The first-order chi connectivity index (χ1) is 7.11. The van der Waals surface area contributed by atoms with Gasteiger partial charge in [0.1, 0.15) is 6.04 Å². The lowest BCUT2D eigenvalue weighted by Crippen LogP contribution is -2.37. The minimum Gasteiger partial charge on any atom is -0.465 e. The molecule has 2 unspecified atom stereocenters. The van der Waals surface area contributed by atoms with Gasteiger partial charge in [0.05, 0.1) is 6.61 Å². The van der Waals surface area contributed by atoms with Gasteiger partial charge in [0.2, 0.25) is 0 Å². The molecule has 0 bridgehead atoms. The van der Waals surface area contributed by atoms with Crippen molar-refractivity contribution >= 4 is 27.6 Å². The van der Waals surface area contributed by atoms with Crippen LogP contribution in [-0.2, 0) is 9.53 Å². The molecular weight excluding hydrogens is 232 g/mol. The quantitative estimate of drug-likeness (QED) is 0.380. The number of hydrogen-bond acceptors (Lipinski definition) is 6. The number of rotatable bonds is 8. The third-order valence-corrected chi connectivity index (χ3v) is 4.18. The molecule has 0 radical (unpaired) electrons. The molecule has 6 heteroatoms. The number of esters is 1. The van der Waals surface area contributed by atoms with E-state index in [-0.39, 0.29) is 18.1 Å². The Kier molecular flexibility index (Phi) is 9.38. The summed E-state index contributed by atoms with van der Waals surface area (Å²) in [5.74, 6) is 1.41. The lowest BCUT2D eigenvalue weighted by Gasteiger charge is -2.13. The number of carbonyl (C=O) groups is 1. The Bertz CT molecular complexity index is 179. The van der Waals surface area contributed by atoms with Gasteiger partial charge in [0.25, 0.3) is 0 Å². The Morgan fingerprint density at radius 2 is 2.07 bits per heavy atom. The van der Waals surface area contributed by atoms with E-state index in [1.165, 1.54) is 0 Å². The maximum absolute atomic E-state index is 11.4. The van der Waals surface area contributed by atoms with E-state index in [9.17, 15) is 4.79 Å². The number of nitrogens with two attached hydrogens (primary N) is 1. The van der Waals surface area contributed by atoms with Crippen LogP contribution in [0, 0.1) is 0 Å². The molecular formula is C9H20N2O2S2. The SMILES string of the molecule is CCOC(=O)C(CSSCC(C)N)NC. The summed E-state index contributed by atoms with van der Waals surface area (Å²) in [6.45, 7) is 4.20. The summed E-state index contributed by atoms with van der Waals surface area (Å²) >= 11 is 0. The van der Waals surface area contributed by atoms with Crippen LogP contribution >= 0.6 is 21.6 Å². The molecule has 0 aromatic carbocycles. The molecule has 0 amide bonds. The highest BCUT2D eigenvalue weighted by Gasteiger charge is 2.17. The topological polar surface area (TPSA) is 64.3 Å². The highest BCUT2D eigenvalue weighted by atomic mass is 33.1. The summed E-state index contributed by atoms with van der Waals surface area (Å²) in [6, 6.07) is -0.0336. The summed E-state index contributed by atoms with van der Waals surface area (Å²) in [6.07, 6.45) is 0. The van der Waals surface area contributed by atoms with Crippen LogP contribution in [0.15, 0.2) is 0 Å². The second kappa shape index (κ2) is 9.33. The van der Waals surface area contributed by atoms with Gasteiger partial charge in [-0.2, -0.15) is 0 Å². The second-order valence-electron chi connectivity index (χ2n) is 3.14. The molecule has 15 heavy (non-hydrogen) atoms. The van der Waals surface area contributed by atoms with Crippen LogP contribution < -0.4 is 11.1 Å². The second-order valence-corrected chi connectivity index (χ2v) is 5.69. The Labute approximate surface area is 99.5 Å². The molecule has 0 aliphatic rings. The predicted octanol–water partition coefficient (Wildman–Crippen LogP) is 0.866. The first kappa shape index (κ1) is 15.1. The third-order valence-electron chi connectivity index (χ3n) is 1.57.